The zero-order valence-electron chi connectivity index (χ0n) is 11.7. The molecule has 1 unspecified atom stereocenters. The lowest BCUT2D eigenvalue weighted by atomic mass is 10.2. The zero-order chi connectivity index (χ0) is 14.7. The average Bonchev–Trinajstić information content (AvgIpc) is 2.83. The molecule has 0 bridgehead atoms. The molecule has 0 fully saturated rings. The molecule has 0 radical (unpaired) electrons. The van der Waals surface area contributed by atoms with Gasteiger partial charge in [0.05, 0.1) is 11.7 Å². The Morgan fingerprint density at radius 2 is 1.95 bits per heavy atom. The standard InChI is InChI=1S/C13H17Br2N5/c1-4-5-16-9(3)13-17-18-19-20(13)12-10(14)6-8(2)7-11(12)15/h6-7,9,16H,4-5H2,1-3H3. The highest BCUT2D eigenvalue weighted by molar-refractivity contribution is 9.11. The van der Waals surface area contributed by atoms with Gasteiger partial charge in [0.25, 0.3) is 0 Å². The van der Waals surface area contributed by atoms with E-state index in [0.29, 0.717) is 0 Å². The van der Waals surface area contributed by atoms with Gasteiger partial charge in [0.1, 0.15) is 0 Å². The molecule has 0 amide bonds. The fourth-order valence-electron chi connectivity index (χ4n) is 1.97. The predicted molar refractivity (Wildman–Crippen MR) is 86.0 cm³/mol. The summed E-state index contributed by atoms with van der Waals surface area (Å²) in [5, 5.41) is 15.5. The Morgan fingerprint density at radius 1 is 1.30 bits per heavy atom. The van der Waals surface area contributed by atoms with E-state index in [-0.39, 0.29) is 6.04 Å². The quantitative estimate of drug-likeness (QED) is 0.830. The van der Waals surface area contributed by atoms with Crippen LogP contribution >= 0.6 is 31.9 Å². The van der Waals surface area contributed by atoms with Crippen LogP contribution in [-0.4, -0.2) is 26.8 Å². The van der Waals surface area contributed by atoms with Gasteiger partial charge in [0, 0.05) is 8.95 Å². The van der Waals surface area contributed by atoms with E-state index in [1.165, 1.54) is 5.56 Å². The van der Waals surface area contributed by atoms with Crippen LogP contribution in [0.25, 0.3) is 5.69 Å². The minimum absolute atomic E-state index is 0.0880. The van der Waals surface area contributed by atoms with Crippen molar-refractivity contribution in [2.24, 2.45) is 0 Å². The molecular weight excluding hydrogens is 386 g/mol. The maximum Gasteiger partial charge on any atom is 0.173 e. The predicted octanol–water partition coefficient (Wildman–Crippen LogP) is 3.56. The Bertz CT molecular complexity index is 573. The van der Waals surface area contributed by atoms with Crippen molar-refractivity contribution in [1.82, 2.24) is 25.5 Å². The normalized spacial score (nSPS) is 12.7. The number of tetrazole rings is 1. The van der Waals surface area contributed by atoms with Crippen molar-refractivity contribution in [2.75, 3.05) is 6.54 Å². The van der Waals surface area contributed by atoms with Gasteiger partial charge in [-0.25, -0.2) is 0 Å². The number of halogens is 2. The Balaban J connectivity index is 2.42. The molecule has 1 aromatic heterocycles. The molecule has 20 heavy (non-hydrogen) atoms. The molecule has 0 aliphatic carbocycles. The van der Waals surface area contributed by atoms with E-state index in [1.54, 1.807) is 4.68 Å². The number of hydrogen-bond donors (Lipinski definition) is 1. The van der Waals surface area contributed by atoms with Gasteiger partial charge in [0.15, 0.2) is 5.82 Å². The molecule has 7 heteroatoms. The third kappa shape index (κ3) is 3.27. The number of aryl methyl sites for hydroxylation is 1. The zero-order valence-corrected chi connectivity index (χ0v) is 14.9. The second kappa shape index (κ2) is 6.78. The van der Waals surface area contributed by atoms with Gasteiger partial charge in [-0.15, -0.1) is 5.10 Å². The topological polar surface area (TPSA) is 55.6 Å². The third-order valence-corrected chi connectivity index (χ3v) is 4.16. The Morgan fingerprint density at radius 3 is 2.55 bits per heavy atom. The molecule has 0 saturated heterocycles. The molecule has 2 aromatic rings. The highest BCUT2D eigenvalue weighted by atomic mass is 79.9. The van der Waals surface area contributed by atoms with Crippen LogP contribution in [0.3, 0.4) is 0 Å². The van der Waals surface area contributed by atoms with E-state index in [4.69, 9.17) is 0 Å². The summed E-state index contributed by atoms with van der Waals surface area (Å²) in [4.78, 5) is 0. The lowest BCUT2D eigenvalue weighted by Crippen LogP contribution is -2.23. The lowest BCUT2D eigenvalue weighted by molar-refractivity contribution is 0.531. The average molecular weight is 403 g/mol. The number of rotatable bonds is 5. The number of nitrogens with one attached hydrogen (secondary N) is 1. The SMILES string of the molecule is CCCNC(C)c1nnnn1-c1c(Br)cc(C)cc1Br. The molecule has 108 valence electrons. The monoisotopic (exact) mass is 401 g/mol. The van der Waals surface area contributed by atoms with E-state index in [1.807, 2.05) is 6.92 Å². The van der Waals surface area contributed by atoms with Crippen molar-refractivity contribution in [1.29, 1.82) is 0 Å². The molecule has 1 heterocycles. The number of nitrogens with zero attached hydrogens (tertiary/aromatic N) is 4. The van der Waals surface area contributed by atoms with Gasteiger partial charge >= 0.3 is 0 Å². The molecule has 0 aliphatic heterocycles. The molecule has 1 aromatic carbocycles. The van der Waals surface area contributed by atoms with Crippen LogP contribution in [0.2, 0.25) is 0 Å². The molecule has 1 atom stereocenters. The smallest absolute Gasteiger partial charge is 0.173 e. The van der Waals surface area contributed by atoms with Crippen molar-refractivity contribution in [3.63, 3.8) is 0 Å². The van der Waals surface area contributed by atoms with E-state index < -0.39 is 0 Å². The van der Waals surface area contributed by atoms with E-state index in [2.05, 4.69) is 78.7 Å². The number of hydrogen-bond acceptors (Lipinski definition) is 4. The number of benzene rings is 1. The highest BCUT2D eigenvalue weighted by Gasteiger charge is 2.19. The lowest BCUT2D eigenvalue weighted by Gasteiger charge is -2.15. The molecular formula is C13H17Br2N5. The summed E-state index contributed by atoms with van der Waals surface area (Å²) in [5.74, 6) is 0.795. The maximum absolute atomic E-state index is 4.15. The minimum atomic E-state index is 0.0880. The van der Waals surface area contributed by atoms with Gasteiger partial charge in [-0.3, -0.25) is 0 Å². The first-order valence-corrected chi connectivity index (χ1v) is 8.10. The largest absolute Gasteiger partial charge is 0.307 e. The Kier molecular flexibility index (Phi) is 5.29. The fraction of sp³-hybridized carbons (Fsp3) is 0.462. The summed E-state index contributed by atoms with van der Waals surface area (Å²) < 4.78 is 3.68. The first kappa shape index (κ1) is 15.6. The maximum atomic E-state index is 4.15. The molecule has 1 N–H and O–H groups in total. The molecule has 0 spiro atoms. The van der Waals surface area contributed by atoms with Crippen LogP contribution in [0, 0.1) is 6.92 Å². The van der Waals surface area contributed by atoms with Crippen LogP contribution in [0.1, 0.15) is 37.7 Å². The van der Waals surface area contributed by atoms with Crippen LogP contribution in [-0.2, 0) is 0 Å². The minimum Gasteiger partial charge on any atom is -0.307 e. The highest BCUT2D eigenvalue weighted by Crippen LogP contribution is 2.31. The molecule has 2 rings (SSSR count). The van der Waals surface area contributed by atoms with Gasteiger partial charge < -0.3 is 5.32 Å². The second-order valence-corrected chi connectivity index (χ2v) is 6.41. The number of aromatic nitrogens is 4. The van der Waals surface area contributed by atoms with Crippen LogP contribution < -0.4 is 5.32 Å². The van der Waals surface area contributed by atoms with Gasteiger partial charge in [-0.2, -0.15) is 4.68 Å². The van der Waals surface area contributed by atoms with Crippen molar-refractivity contribution >= 4 is 31.9 Å². The Hall–Kier alpha value is -0.790. The van der Waals surface area contributed by atoms with Crippen molar-refractivity contribution in [3.8, 4) is 5.69 Å². The summed E-state index contributed by atoms with van der Waals surface area (Å²) in [7, 11) is 0. The van der Waals surface area contributed by atoms with E-state index in [0.717, 1.165) is 33.4 Å². The second-order valence-electron chi connectivity index (χ2n) is 4.70. The van der Waals surface area contributed by atoms with Crippen molar-refractivity contribution in [2.45, 2.75) is 33.2 Å². The summed E-state index contributed by atoms with van der Waals surface area (Å²) in [5.41, 5.74) is 2.08. The first-order chi connectivity index (χ1) is 9.54. The fourth-order valence-corrected chi connectivity index (χ4v) is 3.72. The summed E-state index contributed by atoms with van der Waals surface area (Å²) >= 11 is 7.18. The molecule has 0 saturated carbocycles. The molecule has 5 nitrogen and oxygen atoms in total. The summed E-state index contributed by atoms with van der Waals surface area (Å²) in [6.45, 7) is 7.18. The summed E-state index contributed by atoms with van der Waals surface area (Å²) in [6, 6.07) is 4.19. The van der Waals surface area contributed by atoms with Crippen molar-refractivity contribution < 1.29 is 0 Å². The molecule has 0 aliphatic rings. The van der Waals surface area contributed by atoms with Gasteiger partial charge in [-0.05, 0) is 86.8 Å². The van der Waals surface area contributed by atoms with Gasteiger partial charge in [-0.1, -0.05) is 6.92 Å². The van der Waals surface area contributed by atoms with E-state index in [9.17, 15) is 0 Å². The van der Waals surface area contributed by atoms with Crippen LogP contribution in [0.15, 0.2) is 21.1 Å². The first-order valence-electron chi connectivity index (χ1n) is 6.52. The van der Waals surface area contributed by atoms with Crippen molar-refractivity contribution in [3.05, 3.63) is 32.5 Å². The third-order valence-electron chi connectivity index (χ3n) is 2.95. The van der Waals surface area contributed by atoms with Gasteiger partial charge in [0.2, 0.25) is 0 Å². The van der Waals surface area contributed by atoms with Crippen LogP contribution in [0.5, 0.6) is 0 Å². The van der Waals surface area contributed by atoms with Crippen LogP contribution in [0.4, 0.5) is 0 Å². The summed E-state index contributed by atoms with van der Waals surface area (Å²) in [6.07, 6.45) is 1.07. The Labute approximate surface area is 135 Å². The van der Waals surface area contributed by atoms with E-state index >= 15 is 0 Å².